The summed E-state index contributed by atoms with van der Waals surface area (Å²) in [7, 11) is 0. The number of benzene rings is 2. The number of aromatic nitrogens is 2. The van der Waals surface area contributed by atoms with Gasteiger partial charge in [-0.05, 0) is 72.4 Å². The Hall–Kier alpha value is -3.98. The summed E-state index contributed by atoms with van der Waals surface area (Å²) in [5.41, 5.74) is 8.77. The molecule has 0 saturated carbocycles. The number of anilines is 1. The molecule has 0 atom stereocenters. The number of hydrogen-bond acceptors (Lipinski definition) is 3. The van der Waals surface area contributed by atoms with Crippen LogP contribution in [0.3, 0.4) is 0 Å². The molecule has 0 aliphatic carbocycles. The molecule has 2 aromatic heterocycles. The average Bonchev–Trinajstić information content (AvgIpc) is 2.96. The molecular formula is C35H39N3. The van der Waals surface area contributed by atoms with Crippen molar-refractivity contribution in [2.24, 2.45) is 0 Å². The number of unbranched alkanes of at least 4 members (excludes halogenated alkanes) is 2. The lowest BCUT2D eigenvalue weighted by molar-refractivity contribution is 0.678. The second-order valence-electron chi connectivity index (χ2n) is 9.74. The summed E-state index contributed by atoms with van der Waals surface area (Å²) in [5, 5.41) is 0. The molecule has 2 aromatic carbocycles. The zero-order valence-corrected chi connectivity index (χ0v) is 23.0. The third kappa shape index (κ3) is 7.52. The molecule has 0 saturated heterocycles. The van der Waals surface area contributed by atoms with Crippen LogP contribution in [0.5, 0.6) is 0 Å². The van der Waals surface area contributed by atoms with Crippen LogP contribution in [0, 0.1) is 6.92 Å². The largest absolute Gasteiger partial charge is 0.372 e. The van der Waals surface area contributed by atoms with Gasteiger partial charge in [0.15, 0.2) is 0 Å². The lowest BCUT2D eigenvalue weighted by Gasteiger charge is -2.24. The van der Waals surface area contributed by atoms with Crippen LogP contribution in [0.15, 0.2) is 85.2 Å². The predicted octanol–water partition coefficient (Wildman–Crippen LogP) is 9.20. The number of aryl methyl sites for hydroxylation is 1. The zero-order valence-electron chi connectivity index (χ0n) is 23.0. The molecule has 0 radical (unpaired) electrons. The molecule has 0 amide bonds. The summed E-state index contributed by atoms with van der Waals surface area (Å²) in [6.45, 7) is 8.85. The van der Waals surface area contributed by atoms with Crippen molar-refractivity contribution in [2.45, 2.75) is 46.5 Å². The first-order chi connectivity index (χ1) is 18.7. The Labute approximate surface area is 228 Å². The minimum Gasteiger partial charge on any atom is -0.372 e. The Kier molecular flexibility index (Phi) is 10.0. The van der Waals surface area contributed by atoms with Gasteiger partial charge in [0.05, 0.1) is 11.4 Å². The minimum atomic E-state index is 0.886. The maximum atomic E-state index is 4.74. The highest BCUT2D eigenvalue weighted by Gasteiger charge is 2.10. The predicted molar refractivity (Wildman–Crippen MR) is 165 cm³/mol. The van der Waals surface area contributed by atoms with Crippen molar-refractivity contribution in [3.8, 4) is 11.4 Å². The van der Waals surface area contributed by atoms with E-state index < -0.39 is 0 Å². The van der Waals surface area contributed by atoms with E-state index in [1.807, 2.05) is 24.5 Å². The number of nitrogens with zero attached hydrogens (tertiary/aromatic N) is 3. The van der Waals surface area contributed by atoms with Gasteiger partial charge in [-0.25, -0.2) is 0 Å². The fourth-order valence-electron chi connectivity index (χ4n) is 4.47. The molecule has 2 heterocycles. The molecule has 4 rings (SSSR count). The van der Waals surface area contributed by atoms with Gasteiger partial charge < -0.3 is 4.90 Å². The fourth-order valence-corrected chi connectivity index (χ4v) is 4.47. The Balaban J connectivity index is 1.64. The Morgan fingerprint density at radius 2 is 1.34 bits per heavy atom. The van der Waals surface area contributed by atoms with Crippen LogP contribution in [-0.2, 0) is 0 Å². The minimum absolute atomic E-state index is 0.886. The lowest BCUT2D eigenvalue weighted by Crippen LogP contribution is -2.25. The van der Waals surface area contributed by atoms with E-state index >= 15 is 0 Å². The van der Waals surface area contributed by atoms with Gasteiger partial charge in [0.25, 0.3) is 0 Å². The molecule has 0 spiro atoms. The molecule has 0 bridgehead atoms. The van der Waals surface area contributed by atoms with E-state index in [1.54, 1.807) is 0 Å². The average molecular weight is 502 g/mol. The van der Waals surface area contributed by atoms with E-state index in [1.165, 1.54) is 42.5 Å². The van der Waals surface area contributed by atoms with Crippen LogP contribution < -0.4 is 4.90 Å². The molecule has 38 heavy (non-hydrogen) atoms. The van der Waals surface area contributed by atoms with Crippen LogP contribution in [0.25, 0.3) is 35.7 Å². The van der Waals surface area contributed by atoms with E-state index in [0.717, 1.165) is 41.2 Å². The molecule has 0 aliphatic heterocycles. The summed E-state index contributed by atoms with van der Waals surface area (Å²) in [6, 6.07) is 25.5. The first-order valence-electron chi connectivity index (χ1n) is 13.9. The van der Waals surface area contributed by atoms with Crippen molar-refractivity contribution in [1.82, 2.24) is 9.97 Å². The monoisotopic (exact) mass is 501 g/mol. The van der Waals surface area contributed by atoms with Crippen LogP contribution in [0.1, 0.15) is 67.3 Å². The fraction of sp³-hybridized carbons (Fsp3) is 0.257. The molecule has 3 nitrogen and oxygen atoms in total. The van der Waals surface area contributed by atoms with E-state index in [2.05, 4.69) is 116 Å². The third-order valence-corrected chi connectivity index (χ3v) is 6.70. The second kappa shape index (κ2) is 14.1. The van der Waals surface area contributed by atoms with Gasteiger partial charge in [0.1, 0.15) is 0 Å². The van der Waals surface area contributed by atoms with E-state index in [0.29, 0.717) is 0 Å². The Bertz CT molecular complexity index is 1330. The van der Waals surface area contributed by atoms with Gasteiger partial charge in [0.2, 0.25) is 0 Å². The van der Waals surface area contributed by atoms with Crippen molar-refractivity contribution < 1.29 is 0 Å². The molecule has 4 aromatic rings. The summed E-state index contributed by atoms with van der Waals surface area (Å²) in [5.74, 6) is 0. The van der Waals surface area contributed by atoms with Gasteiger partial charge in [0, 0.05) is 36.7 Å². The maximum absolute atomic E-state index is 4.74. The zero-order chi connectivity index (χ0) is 26.6. The number of hydrogen-bond donors (Lipinski definition) is 0. The molecule has 194 valence electrons. The summed E-state index contributed by atoms with van der Waals surface area (Å²) in [6.07, 6.45) is 17.3. The summed E-state index contributed by atoms with van der Waals surface area (Å²) in [4.78, 5) is 11.9. The van der Waals surface area contributed by atoms with Crippen LogP contribution in [0.2, 0.25) is 0 Å². The number of rotatable bonds is 12. The quantitative estimate of drug-likeness (QED) is 0.194. The van der Waals surface area contributed by atoms with Crippen LogP contribution >= 0.6 is 0 Å². The number of pyridine rings is 2. The Morgan fingerprint density at radius 1 is 0.684 bits per heavy atom. The highest BCUT2D eigenvalue weighted by atomic mass is 15.1. The van der Waals surface area contributed by atoms with Crippen LogP contribution in [-0.4, -0.2) is 23.1 Å². The molecular weight excluding hydrogens is 462 g/mol. The van der Waals surface area contributed by atoms with Crippen molar-refractivity contribution in [3.05, 3.63) is 113 Å². The van der Waals surface area contributed by atoms with Crippen molar-refractivity contribution in [3.63, 3.8) is 0 Å². The highest BCUT2D eigenvalue weighted by molar-refractivity contribution is 5.85. The smallest absolute Gasteiger partial charge is 0.0964 e. The normalized spacial score (nSPS) is 11.4. The molecule has 0 aliphatic rings. The van der Waals surface area contributed by atoms with Gasteiger partial charge in [-0.3, -0.25) is 9.97 Å². The maximum Gasteiger partial charge on any atom is 0.0964 e. The van der Waals surface area contributed by atoms with Crippen molar-refractivity contribution in [2.75, 3.05) is 18.0 Å². The van der Waals surface area contributed by atoms with Crippen LogP contribution in [0.4, 0.5) is 5.69 Å². The van der Waals surface area contributed by atoms with Gasteiger partial charge in [-0.2, -0.15) is 0 Å². The van der Waals surface area contributed by atoms with E-state index in [4.69, 9.17) is 4.98 Å². The summed E-state index contributed by atoms with van der Waals surface area (Å²) >= 11 is 0. The molecule has 0 unspecified atom stereocenters. The molecule has 3 heteroatoms. The van der Waals surface area contributed by atoms with Gasteiger partial charge in [-0.1, -0.05) is 93.5 Å². The Morgan fingerprint density at radius 3 is 2.03 bits per heavy atom. The van der Waals surface area contributed by atoms with E-state index in [-0.39, 0.29) is 0 Å². The third-order valence-electron chi connectivity index (χ3n) is 6.70. The molecule has 0 fully saturated rings. The molecule has 0 N–H and O–H groups in total. The topological polar surface area (TPSA) is 29.0 Å². The standard InChI is InChI=1S/C35H39N3/c1-4-6-25-38(26-7-5-2)32-18-14-30(15-19-32)13-17-31-22-24-37-35(34-27-28(3)21-23-36-34)33(31)20-16-29-11-9-8-10-12-29/h8-24,27H,4-7,25-26H2,1-3H3. The van der Waals surface area contributed by atoms with E-state index in [9.17, 15) is 0 Å². The second-order valence-corrected chi connectivity index (χ2v) is 9.74. The SMILES string of the molecule is CCCCN(CCCC)c1ccc(C=Cc2ccnc(-c3cc(C)ccn3)c2C=Cc2ccccc2)cc1. The first-order valence-corrected chi connectivity index (χ1v) is 13.9. The van der Waals surface area contributed by atoms with Crippen molar-refractivity contribution >= 4 is 30.0 Å². The van der Waals surface area contributed by atoms with Gasteiger partial charge >= 0.3 is 0 Å². The van der Waals surface area contributed by atoms with Gasteiger partial charge in [-0.15, -0.1) is 0 Å². The lowest BCUT2D eigenvalue weighted by atomic mass is 10.0. The van der Waals surface area contributed by atoms with Crippen molar-refractivity contribution in [1.29, 1.82) is 0 Å². The summed E-state index contributed by atoms with van der Waals surface area (Å²) < 4.78 is 0. The highest BCUT2D eigenvalue weighted by Crippen LogP contribution is 2.27. The first kappa shape index (κ1) is 27.1.